The van der Waals surface area contributed by atoms with E-state index >= 15 is 0 Å². The zero-order chi connectivity index (χ0) is 19.0. The smallest absolute Gasteiger partial charge is 0.253 e. The van der Waals surface area contributed by atoms with E-state index in [1.54, 1.807) is 4.68 Å². The van der Waals surface area contributed by atoms with Crippen LogP contribution in [0, 0.1) is 25.5 Å². The summed E-state index contributed by atoms with van der Waals surface area (Å²) in [4.78, 5) is 9.21. The Kier molecular flexibility index (Phi) is 4.27. The van der Waals surface area contributed by atoms with Gasteiger partial charge in [0, 0.05) is 17.6 Å². The first-order chi connectivity index (χ1) is 13.0. The van der Waals surface area contributed by atoms with Gasteiger partial charge in [-0.15, -0.1) is 0 Å². The molecule has 0 aliphatic heterocycles. The minimum Gasteiger partial charge on any atom is -0.365 e. The molecule has 27 heavy (non-hydrogen) atoms. The predicted octanol–water partition coefficient (Wildman–Crippen LogP) is 4.32. The molecule has 0 unspecified atom stereocenters. The summed E-state index contributed by atoms with van der Waals surface area (Å²) in [5, 5.41) is 8.48. The molecule has 4 rings (SSSR count). The van der Waals surface area contributed by atoms with Gasteiger partial charge in [-0.2, -0.15) is 10.1 Å². The molecule has 2 aromatic carbocycles. The van der Waals surface area contributed by atoms with Crippen molar-refractivity contribution in [2.75, 3.05) is 5.32 Å². The molecule has 7 heteroatoms. The normalized spacial score (nSPS) is 11.1. The van der Waals surface area contributed by atoms with Crippen LogP contribution in [-0.4, -0.2) is 19.7 Å². The number of hydrogen-bond acceptors (Lipinski definition) is 4. The van der Waals surface area contributed by atoms with E-state index in [0.717, 1.165) is 28.4 Å². The average molecular weight is 365 g/mol. The van der Waals surface area contributed by atoms with Crippen LogP contribution in [0.25, 0.3) is 16.9 Å². The second-order valence-electron chi connectivity index (χ2n) is 6.33. The van der Waals surface area contributed by atoms with Gasteiger partial charge in [0.05, 0.1) is 11.2 Å². The molecule has 0 fully saturated rings. The first-order valence-electron chi connectivity index (χ1n) is 8.49. The number of hydrogen-bond donors (Lipinski definition) is 1. The quantitative estimate of drug-likeness (QED) is 0.585. The molecule has 2 aromatic heterocycles. The number of nitrogens with zero attached hydrogens (tertiary/aromatic N) is 4. The third-order valence-corrected chi connectivity index (χ3v) is 4.23. The summed E-state index contributed by atoms with van der Waals surface area (Å²) in [5.41, 5.74) is 3.18. The van der Waals surface area contributed by atoms with Crippen molar-refractivity contribution >= 4 is 16.7 Å². The maximum Gasteiger partial charge on any atom is 0.253 e. The topological polar surface area (TPSA) is 55.6 Å². The van der Waals surface area contributed by atoms with E-state index in [0.29, 0.717) is 23.9 Å². The van der Waals surface area contributed by atoms with Gasteiger partial charge in [0.25, 0.3) is 5.95 Å². The van der Waals surface area contributed by atoms with Gasteiger partial charge in [-0.05, 0) is 49.7 Å². The summed E-state index contributed by atoms with van der Waals surface area (Å²) < 4.78 is 28.3. The molecule has 1 N–H and O–H groups in total. The van der Waals surface area contributed by atoms with Crippen LogP contribution in [0.15, 0.2) is 48.5 Å². The first kappa shape index (κ1) is 17.1. The lowest BCUT2D eigenvalue weighted by Crippen LogP contribution is -2.09. The van der Waals surface area contributed by atoms with Gasteiger partial charge < -0.3 is 5.32 Å². The van der Waals surface area contributed by atoms with E-state index in [1.807, 2.05) is 44.2 Å². The highest BCUT2D eigenvalue weighted by Gasteiger charge is 2.12. The molecule has 2 heterocycles. The Balaban J connectivity index is 1.74. The highest BCUT2D eigenvalue weighted by Crippen LogP contribution is 2.23. The lowest BCUT2D eigenvalue weighted by atomic mass is 10.2. The number of para-hydroxylation sites is 1. The highest BCUT2D eigenvalue weighted by atomic mass is 19.2. The van der Waals surface area contributed by atoms with Crippen LogP contribution < -0.4 is 5.32 Å². The van der Waals surface area contributed by atoms with Gasteiger partial charge in [-0.25, -0.2) is 18.4 Å². The first-order valence-corrected chi connectivity index (χ1v) is 8.49. The van der Waals surface area contributed by atoms with Crippen molar-refractivity contribution < 1.29 is 8.78 Å². The number of aryl methyl sites for hydroxylation is 2. The predicted molar refractivity (Wildman–Crippen MR) is 99.8 cm³/mol. The Bertz CT molecular complexity index is 1140. The summed E-state index contributed by atoms with van der Waals surface area (Å²) in [5.74, 6) is -0.678. The number of halogens is 2. The Labute approximate surface area is 154 Å². The lowest BCUT2D eigenvalue weighted by Gasteiger charge is -2.12. The molecule has 0 aliphatic carbocycles. The molecular weight excluding hydrogens is 348 g/mol. The van der Waals surface area contributed by atoms with Crippen LogP contribution in [0.4, 0.5) is 14.6 Å². The molecule has 0 atom stereocenters. The Morgan fingerprint density at radius 3 is 2.52 bits per heavy atom. The van der Waals surface area contributed by atoms with Crippen LogP contribution >= 0.6 is 0 Å². The number of anilines is 1. The fourth-order valence-corrected chi connectivity index (χ4v) is 2.96. The monoisotopic (exact) mass is 365 g/mol. The third-order valence-electron chi connectivity index (χ3n) is 4.23. The zero-order valence-corrected chi connectivity index (χ0v) is 14.9. The van der Waals surface area contributed by atoms with Crippen molar-refractivity contribution in [3.05, 3.63) is 77.1 Å². The minimum atomic E-state index is -0.870. The van der Waals surface area contributed by atoms with Gasteiger partial charge in [0.1, 0.15) is 5.82 Å². The third kappa shape index (κ3) is 3.36. The van der Waals surface area contributed by atoms with Crippen LogP contribution in [-0.2, 0) is 6.54 Å². The van der Waals surface area contributed by atoms with Crippen molar-refractivity contribution in [1.29, 1.82) is 0 Å². The molecule has 136 valence electrons. The number of rotatable bonds is 4. The van der Waals surface area contributed by atoms with E-state index in [2.05, 4.69) is 20.4 Å². The number of aromatic nitrogens is 4. The van der Waals surface area contributed by atoms with Gasteiger partial charge in [-0.3, -0.25) is 0 Å². The summed E-state index contributed by atoms with van der Waals surface area (Å²) in [6, 6.07) is 13.4. The SMILES string of the molecule is Cc1cc(C)n(-c2nc(NCc3ccc(F)c(F)c3)c3ccccc3n2)n1. The highest BCUT2D eigenvalue weighted by molar-refractivity contribution is 5.89. The van der Waals surface area contributed by atoms with Crippen LogP contribution in [0.1, 0.15) is 17.0 Å². The van der Waals surface area contributed by atoms with E-state index in [9.17, 15) is 8.78 Å². The number of nitrogens with one attached hydrogen (secondary N) is 1. The molecule has 0 aliphatic rings. The molecule has 5 nitrogen and oxygen atoms in total. The molecule has 0 amide bonds. The van der Waals surface area contributed by atoms with Crippen LogP contribution in [0.3, 0.4) is 0 Å². The summed E-state index contributed by atoms with van der Waals surface area (Å²) >= 11 is 0. The second-order valence-corrected chi connectivity index (χ2v) is 6.33. The number of benzene rings is 2. The molecular formula is C20H17F2N5. The second kappa shape index (κ2) is 6.75. The molecule has 0 spiro atoms. The summed E-state index contributed by atoms with van der Waals surface area (Å²) in [6.45, 7) is 4.15. The maximum atomic E-state index is 13.5. The molecule has 0 bridgehead atoms. The van der Waals surface area contributed by atoms with Gasteiger partial charge in [0.2, 0.25) is 0 Å². The van der Waals surface area contributed by atoms with E-state index in [1.165, 1.54) is 12.1 Å². The Morgan fingerprint density at radius 2 is 1.78 bits per heavy atom. The van der Waals surface area contributed by atoms with Crippen molar-refractivity contribution in [1.82, 2.24) is 19.7 Å². The van der Waals surface area contributed by atoms with Crippen molar-refractivity contribution in [3.8, 4) is 5.95 Å². The minimum absolute atomic E-state index is 0.300. The zero-order valence-electron chi connectivity index (χ0n) is 14.9. The standard InChI is InChI=1S/C20H17F2N5/c1-12-9-13(2)27(26-12)20-24-18-6-4-3-5-15(18)19(25-20)23-11-14-7-8-16(21)17(22)10-14/h3-10H,11H2,1-2H3,(H,23,24,25). The molecule has 0 saturated carbocycles. The Hall–Kier alpha value is -3.35. The van der Waals surface area contributed by atoms with E-state index < -0.39 is 11.6 Å². The van der Waals surface area contributed by atoms with Gasteiger partial charge in [-0.1, -0.05) is 18.2 Å². The molecule has 4 aromatic rings. The maximum absolute atomic E-state index is 13.5. The van der Waals surface area contributed by atoms with E-state index in [-0.39, 0.29) is 0 Å². The fraction of sp³-hybridized carbons (Fsp3) is 0.150. The van der Waals surface area contributed by atoms with Gasteiger partial charge >= 0.3 is 0 Å². The van der Waals surface area contributed by atoms with Crippen LogP contribution in [0.5, 0.6) is 0 Å². The molecule has 0 radical (unpaired) electrons. The summed E-state index contributed by atoms with van der Waals surface area (Å²) in [6.07, 6.45) is 0. The van der Waals surface area contributed by atoms with Crippen molar-refractivity contribution in [2.45, 2.75) is 20.4 Å². The number of fused-ring (bicyclic) bond motifs is 1. The average Bonchev–Trinajstić information content (AvgIpc) is 3.00. The fourth-order valence-electron chi connectivity index (χ4n) is 2.96. The molecule has 0 saturated heterocycles. The van der Waals surface area contributed by atoms with Crippen molar-refractivity contribution in [3.63, 3.8) is 0 Å². The van der Waals surface area contributed by atoms with Crippen LogP contribution in [0.2, 0.25) is 0 Å². The van der Waals surface area contributed by atoms with E-state index in [4.69, 9.17) is 0 Å². The Morgan fingerprint density at radius 1 is 0.963 bits per heavy atom. The van der Waals surface area contributed by atoms with Crippen molar-refractivity contribution in [2.24, 2.45) is 0 Å². The lowest BCUT2D eigenvalue weighted by molar-refractivity contribution is 0.507. The van der Waals surface area contributed by atoms with Gasteiger partial charge in [0.15, 0.2) is 11.6 Å². The summed E-state index contributed by atoms with van der Waals surface area (Å²) in [7, 11) is 0. The largest absolute Gasteiger partial charge is 0.365 e.